The monoisotopic (exact) mass is 370 g/mol. The zero-order chi connectivity index (χ0) is 19.0. The number of piperidine rings is 1. The molecule has 2 N–H and O–H groups in total. The number of amides is 2. The number of rotatable bonds is 5. The van der Waals surface area contributed by atoms with E-state index < -0.39 is 6.04 Å². The lowest BCUT2D eigenvalue weighted by molar-refractivity contribution is -0.134. The number of nitrogens with zero attached hydrogens (tertiary/aromatic N) is 2. The van der Waals surface area contributed by atoms with Gasteiger partial charge in [-0.3, -0.25) is 9.59 Å². The Bertz CT molecular complexity index is 861. The normalized spacial score (nSPS) is 19.1. The molecule has 1 aliphatic carbocycles. The van der Waals surface area contributed by atoms with E-state index in [2.05, 4.69) is 15.3 Å². The van der Waals surface area contributed by atoms with E-state index in [1.165, 1.54) is 12.8 Å². The van der Waals surface area contributed by atoms with Gasteiger partial charge in [0.15, 0.2) is 0 Å². The van der Waals surface area contributed by atoms with Gasteiger partial charge < -0.3 is 19.9 Å². The molecule has 144 valence electrons. The Hall–Kier alpha value is -2.57. The van der Waals surface area contributed by atoms with E-state index in [1.54, 1.807) is 25.3 Å². The van der Waals surface area contributed by atoms with Crippen molar-refractivity contribution in [1.29, 1.82) is 0 Å². The van der Waals surface area contributed by atoms with Crippen molar-refractivity contribution < 1.29 is 14.3 Å². The molecule has 1 atom stereocenters. The van der Waals surface area contributed by atoms with Crippen LogP contribution < -0.4 is 10.1 Å². The number of H-pyrrole nitrogens is 1. The fraction of sp³-hybridized carbons (Fsp3) is 0.550. The second kappa shape index (κ2) is 6.87. The molecule has 2 amide bonds. The zero-order valence-corrected chi connectivity index (χ0v) is 15.9. The highest BCUT2D eigenvalue weighted by atomic mass is 16.5. The quantitative estimate of drug-likeness (QED) is 0.846. The van der Waals surface area contributed by atoms with E-state index in [-0.39, 0.29) is 11.8 Å². The van der Waals surface area contributed by atoms with Crippen LogP contribution in [0.25, 0.3) is 10.9 Å². The van der Waals surface area contributed by atoms with E-state index in [0.717, 1.165) is 36.8 Å². The average Bonchev–Trinajstić information content (AvgIpc) is 3.27. The lowest BCUT2D eigenvalue weighted by atomic mass is 9.93. The van der Waals surface area contributed by atoms with Gasteiger partial charge in [-0.1, -0.05) is 0 Å². The van der Waals surface area contributed by atoms with Crippen molar-refractivity contribution in [3.05, 3.63) is 24.0 Å². The predicted molar refractivity (Wildman–Crippen MR) is 102 cm³/mol. The number of pyridine rings is 1. The Labute approximate surface area is 158 Å². The van der Waals surface area contributed by atoms with Crippen molar-refractivity contribution in [3.63, 3.8) is 0 Å². The van der Waals surface area contributed by atoms with E-state index in [0.29, 0.717) is 23.6 Å². The van der Waals surface area contributed by atoms with Crippen LogP contribution in [0.4, 0.5) is 0 Å². The van der Waals surface area contributed by atoms with Crippen molar-refractivity contribution in [2.45, 2.75) is 45.6 Å². The summed E-state index contributed by atoms with van der Waals surface area (Å²) in [7, 11) is 0. The van der Waals surface area contributed by atoms with Crippen molar-refractivity contribution in [2.24, 2.45) is 5.41 Å². The summed E-state index contributed by atoms with van der Waals surface area (Å²) in [5.41, 5.74) is 1.70. The molecular formula is C20H26N4O3. The van der Waals surface area contributed by atoms with E-state index in [4.69, 9.17) is 4.74 Å². The summed E-state index contributed by atoms with van der Waals surface area (Å²) in [6.45, 7) is 5.79. The molecule has 4 rings (SSSR count). The topological polar surface area (TPSA) is 87.3 Å². The summed E-state index contributed by atoms with van der Waals surface area (Å²) in [5.74, 6) is 0.231. The third kappa shape index (κ3) is 3.63. The number of ether oxygens (including phenoxy) is 1. The smallest absolute Gasteiger partial charge is 0.268 e. The number of carbonyl (C=O) groups excluding carboxylic acids is 2. The fourth-order valence-corrected chi connectivity index (χ4v) is 3.85. The van der Waals surface area contributed by atoms with E-state index >= 15 is 0 Å². The first-order valence-corrected chi connectivity index (χ1v) is 9.71. The Balaban J connectivity index is 1.39. The molecule has 0 unspecified atom stereocenters. The molecule has 3 heterocycles. The molecule has 1 spiro atoms. The number of aromatic nitrogens is 2. The molecule has 27 heavy (non-hydrogen) atoms. The summed E-state index contributed by atoms with van der Waals surface area (Å²) in [4.78, 5) is 34.4. The number of hydrogen-bond donors (Lipinski definition) is 2. The van der Waals surface area contributed by atoms with Crippen LogP contribution in [0.2, 0.25) is 0 Å². The molecule has 0 aromatic carbocycles. The van der Waals surface area contributed by atoms with E-state index in [1.807, 2.05) is 11.8 Å². The maximum absolute atomic E-state index is 12.7. The number of hydrogen-bond acceptors (Lipinski definition) is 4. The van der Waals surface area contributed by atoms with Crippen LogP contribution >= 0.6 is 0 Å². The van der Waals surface area contributed by atoms with Crippen LogP contribution in [0.1, 0.15) is 50.0 Å². The van der Waals surface area contributed by atoms with Gasteiger partial charge in [0.05, 0.1) is 18.3 Å². The van der Waals surface area contributed by atoms with Crippen LogP contribution in [0, 0.1) is 5.41 Å². The molecule has 1 saturated heterocycles. The zero-order valence-electron chi connectivity index (χ0n) is 15.9. The molecule has 1 saturated carbocycles. The lowest BCUT2D eigenvalue weighted by Gasteiger charge is -2.33. The number of likely N-dealkylation sites (tertiary alicyclic amines) is 1. The molecule has 1 aliphatic heterocycles. The first kappa shape index (κ1) is 17.8. The van der Waals surface area contributed by atoms with Gasteiger partial charge in [-0.2, -0.15) is 0 Å². The van der Waals surface area contributed by atoms with Gasteiger partial charge in [-0.05, 0) is 51.0 Å². The largest absolute Gasteiger partial charge is 0.478 e. The summed E-state index contributed by atoms with van der Waals surface area (Å²) < 4.78 is 5.39. The van der Waals surface area contributed by atoms with Crippen LogP contribution in [-0.2, 0) is 4.79 Å². The second-order valence-corrected chi connectivity index (χ2v) is 7.75. The van der Waals surface area contributed by atoms with Gasteiger partial charge in [0.2, 0.25) is 11.8 Å². The SMILES string of the molecule is CCOc1cc2cc(C(=O)N[C@@H](C)C(=O)N3CCC4(CC3)CC4)[nH]c2cn1. The number of fused-ring (bicyclic) bond motifs is 1. The average molecular weight is 370 g/mol. The van der Waals surface area contributed by atoms with Gasteiger partial charge in [-0.25, -0.2) is 4.98 Å². The number of nitrogens with one attached hydrogen (secondary N) is 2. The fourth-order valence-electron chi connectivity index (χ4n) is 3.85. The Kier molecular flexibility index (Phi) is 4.53. The standard InChI is InChI=1S/C20H26N4O3/c1-3-27-17-11-14-10-15(23-16(14)12-21-17)18(25)22-13(2)19(26)24-8-6-20(4-5-20)7-9-24/h10-13,23H,3-9H2,1-2H3,(H,22,25)/t13-/m0/s1. The van der Waals surface area contributed by atoms with Crippen LogP contribution in [-0.4, -0.2) is 52.4 Å². The first-order valence-electron chi connectivity index (χ1n) is 9.71. The maximum atomic E-state index is 12.7. The van der Waals surface area contributed by atoms with Gasteiger partial charge in [0, 0.05) is 24.5 Å². The number of carbonyl (C=O) groups is 2. The lowest BCUT2D eigenvalue weighted by Crippen LogP contribution is -2.49. The molecule has 2 fully saturated rings. The number of aromatic amines is 1. The predicted octanol–water partition coefficient (Wildman–Crippen LogP) is 2.48. The Morgan fingerprint density at radius 1 is 1.30 bits per heavy atom. The molecule has 0 radical (unpaired) electrons. The molecule has 7 nitrogen and oxygen atoms in total. The van der Waals surface area contributed by atoms with Gasteiger partial charge in [0.1, 0.15) is 11.7 Å². The minimum Gasteiger partial charge on any atom is -0.478 e. The Morgan fingerprint density at radius 3 is 2.70 bits per heavy atom. The van der Waals surface area contributed by atoms with Crippen LogP contribution in [0.5, 0.6) is 5.88 Å². The highest BCUT2D eigenvalue weighted by Gasteiger charge is 2.45. The van der Waals surface area contributed by atoms with Crippen molar-refractivity contribution in [3.8, 4) is 5.88 Å². The maximum Gasteiger partial charge on any atom is 0.268 e. The van der Waals surface area contributed by atoms with Crippen molar-refractivity contribution in [2.75, 3.05) is 19.7 Å². The van der Waals surface area contributed by atoms with Gasteiger partial charge >= 0.3 is 0 Å². The summed E-state index contributed by atoms with van der Waals surface area (Å²) in [5, 5.41) is 3.67. The molecule has 2 aliphatic rings. The van der Waals surface area contributed by atoms with Crippen LogP contribution in [0.15, 0.2) is 18.3 Å². The molecule has 7 heteroatoms. The summed E-state index contributed by atoms with van der Waals surface area (Å²) >= 11 is 0. The molecule has 2 aromatic rings. The minimum atomic E-state index is -0.547. The molecular weight excluding hydrogens is 344 g/mol. The Morgan fingerprint density at radius 2 is 2.04 bits per heavy atom. The first-order chi connectivity index (χ1) is 13.0. The van der Waals surface area contributed by atoms with Crippen LogP contribution in [0.3, 0.4) is 0 Å². The van der Waals surface area contributed by atoms with Crippen molar-refractivity contribution >= 4 is 22.7 Å². The summed E-state index contributed by atoms with van der Waals surface area (Å²) in [6.07, 6.45) is 6.45. The molecule has 2 aromatic heterocycles. The van der Waals surface area contributed by atoms with Gasteiger partial charge in [-0.15, -0.1) is 0 Å². The third-order valence-corrected chi connectivity index (χ3v) is 5.83. The van der Waals surface area contributed by atoms with E-state index in [9.17, 15) is 9.59 Å². The third-order valence-electron chi connectivity index (χ3n) is 5.83. The minimum absolute atomic E-state index is 0.00439. The second-order valence-electron chi connectivity index (χ2n) is 7.75. The highest BCUT2D eigenvalue weighted by molar-refractivity contribution is 6.00. The molecule has 0 bridgehead atoms. The summed E-state index contributed by atoms with van der Waals surface area (Å²) in [6, 6.07) is 3.00. The highest BCUT2D eigenvalue weighted by Crippen LogP contribution is 2.53. The van der Waals surface area contributed by atoms with Gasteiger partial charge in [0.25, 0.3) is 5.91 Å². The van der Waals surface area contributed by atoms with Crippen molar-refractivity contribution in [1.82, 2.24) is 20.2 Å².